The molecular formula is C12H18N4OS. The molecule has 0 radical (unpaired) electrons. The van der Waals surface area contributed by atoms with Crippen LogP contribution in [0.3, 0.4) is 0 Å². The monoisotopic (exact) mass is 266 g/mol. The van der Waals surface area contributed by atoms with E-state index >= 15 is 0 Å². The highest BCUT2D eigenvalue weighted by Crippen LogP contribution is 2.20. The Hall–Kier alpha value is -1.27. The molecule has 0 aromatic carbocycles. The van der Waals surface area contributed by atoms with Crippen molar-refractivity contribution >= 4 is 23.0 Å². The summed E-state index contributed by atoms with van der Waals surface area (Å²) in [6.07, 6.45) is 5.46. The highest BCUT2D eigenvalue weighted by atomic mass is 32.1. The minimum atomic E-state index is 0.289. The number of hydrogen-bond acceptors (Lipinski definition) is 5. The van der Waals surface area contributed by atoms with E-state index in [1.54, 1.807) is 12.4 Å². The molecule has 98 valence electrons. The Bertz CT molecular complexity index is 420. The minimum Gasteiger partial charge on any atom is -0.388 e. The van der Waals surface area contributed by atoms with Gasteiger partial charge in [0.1, 0.15) is 10.7 Å². The van der Waals surface area contributed by atoms with Crippen molar-refractivity contribution in [3.63, 3.8) is 0 Å². The van der Waals surface area contributed by atoms with Gasteiger partial charge in [0, 0.05) is 39.2 Å². The van der Waals surface area contributed by atoms with E-state index in [2.05, 4.69) is 14.9 Å². The predicted octanol–water partition coefficient (Wildman–Crippen LogP) is 0.974. The van der Waals surface area contributed by atoms with Gasteiger partial charge in [-0.05, 0) is 18.8 Å². The number of rotatable bonds is 4. The van der Waals surface area contributed by atoms with Crippen LogP contribution in [0, 0.1) is 5.92 Å². The molecule has 2 N–H and O–H groups in total. The zero-order chi connectivity index (χ0) is 13.0. The maximum absolute atomic E-state index is 5.67. The summed E-state index contributed by atoms with van der Waals surface area (Å²) in [5.74, 6) is 1.39. The molecule has 1 aromatic rings. The smallest absolute Gasteiger partial charge is 0.157 e. The molecule has 0 atom stereocenters. The van der Waals surface area contributed by atoms with Crippen molar-refractivity contribution in [1.29, 1.82) is 0 Å². The van der Waals surface area contributed by atoms with Crippen LogP contribution in [0.5, 0.6) is 0 Å². The summed E-state index contributed by atoms with van der Waals surface area (Å²) in [4.78, 5) is 10.9. The minimum absolute atomic E-state index is 0.289. The molecule has 1 saturated heterocycles. The van der Waals surface area contributed by atoms with Crippen molar-refractivity contribution < 1.29 is 4.74 Å². The molecule has 0 saturated carbocycles. The van der Waals surface area contributed by atoms with Crippen LogP contribution >= 0.6 is 12.2 Å². The van der Waals surface area contributed by atoms with Crippen LogP contribution < -0.4 is 10.6 Å². The lowest BCUT2D eigenvalue weighted by Crippen LogP contribution is -2.32. The number of aromatic nitrogens is 2. The van der Waals surface area contributed by atoms with Gasteiger partial charge in [-0.2, -0.15) is 0 Å². The number of ether oxygens (including phenoxy) is 1. The number of anilines is 1. The van der Waals surface area contributed by atoms with E-state index in [4.69, 9.17) is 22.7 Å². The van der Waals surface area contributed by atoms with Gasteiger partial charge in [-0.15, -0.1) is 0 Å². The summed E-state index contributed by atoms with van der Waals surface area (Å²) in [7, 11) is 2.00. The van der Waals surface area contributed by atoms with Gasteiger partial charge < -0.3 is 15.4 Å². The molecule has 5 nitrogen and oxygen atoms in total. The lowest BCUT2D eigenvalue weighted by Gasteiger charge is -2.28. The molecule has 2 rings (SSSR count). The molecule has 0 spiro atoms. The maximum Gasteiger partial charge on any atom is 0.157 e. The van der Waals surface area contributed by atoms with Crippen molar-refractivity contribution in [3.8, 4) is 0 Å². The summed E-state index contributed by atoms with van der Waals surface area (Å²) >= 11 is 5.00. The second-order valence-corrected chi connectivity index (χ2v) is 4.97. The number of hydrogen-bond donors (Lipinski definition) is 1. The van der Waals surface area contributed by atoms with Crippen LogP contribution in [0.2, 0.25) is 0 Å². The van der Waals surface area contributed by atoms with Crippen molar-refractivity contribution in [2.24, 2.45) is 11.7 Å². The first-order valence-corrected chi connectivity index (χ1v) is 6.49. The van der Waals surface area contributed by atoms with Gasteiger partial charge >= 0.3 is 0 Å². The first-order chi connectivity index (χ1) is 8.68. The van der Waals surface area contributed by atoms with Crippen LogP contribution in [0.25, 0.3) is 0 Å². The average molecular weight is 266 g/mol. The summed E-state index contributed by atoms with van der Waals surface area (Å²) in [6.45, 7) is 2.62. The third-order valence-corrected chi connectivity index (χ3v) is 3.34. The van der Waals surface area contributed by atoms with E-state index in [-0.39, 0.29) is 4.99 Å². The van der Waals surface area contributed by atoms with Crippen LogP contribution in [0.1, 0.15) is 18.5 Å². The summed E-state index contributed by atoms with van der Waals surface area (Å²) in [5, 5.41) is 0. The fraction of sp³-hybridized carbons (Fsp3) is 0.583. The molecule has 0 amide bonds. The van der Waals surface area contributed by atoms with Crippen LogP contribution in [-0.2, 0) is 4.74 Å². The van der Waals surface area contributed by atoms with Crippen LogP contribution in [-0.4, -0.2) is 41.8 Å². The molecule has 0 aliphatic carbocycles. The molecule has 1 fully saturated rings. The highest BCUT2D eigenvalue weighted by molar-refractivity contribution is 7.80. The van der Waals surface area contributed by atoms with Gasteiger partial charge in [0.25, 0.3) is 0 Å². The Labute approximate surface area is 112 Å². The van der Waals surface area contributed by atoms with Crippen molar-refractivity contribution in [3.05, 3.63) is 18.1 Å². The fourth-order valence-electron chi connectivity index (χ4n) is 2.19. The Morgan fingerprint density at radius 2 is 2.11 bits per heavy atom. The quantitative estimate of drug-likeness (QED) is 0.819. The number of nitrogens with two attached hydrogens (primary N) is 1. The summed E-state index contributed by atoms with van der Waals surface area (Å²) < 4.78 is 5.36. The third-order valence-electron chi connectivity index (χ3n) is 3.15. The molecule has 0 bridgehead atoms. The molecule has 18 heavy (non-hydrogen) atoms. The molecular weight excluding hydrogens is 248 g/mol. The molecule has 1 aliphatic rings. The SMILES string of the molecule is CN(CC1CCOCC1)c1nccnc1C(N)=S. The van der Waals surface area contributed by atoms with Gasteiger partial charge in [-0.1, -0.05) is 12.2 Å². The second kappa shape index (κ2) is 6.06. The van der Waals surface area contributed by atoms with Crippen molar-refractivity contribution in [2.45, 2.75) is 12.8 Å². The van der Waals surface area contributed by atoms with E-state index < -0.39 is 0 Å². The van der Waals surface area contributed by atoms with Gasteiger partial charge in [0.2, 0.25) is 0 Å². The van der Waals surface area contributed by atoms with Gasteiger partial charge in [0.15, 0.2) is 5.82 Å². The first-order valence-electron chi connectivity index (χ1n) is 6.08. The van der Waals surface area contributed by atoms with E-state index in [1.165, 1.54) is 0 Å². The number of thiocarbonyl (C=S) groups is 1. The Kier molecular flexibility index (Phi) is 4.43. The van der Waals surface area contributed by atoms with Crippen molar-refractivity contribution in [1.82, 2.24) is 9.97 Å². The Morgan fingerprint density at radius 3 is 2.78 bits per heavy atom. The third kappa shape index (κ3) is 3.14. The van der Waals surface area contributed by atoms with Crippen molar-refractivity contribution in [2.75, 3.05) is 31.7 Å². The van der Waals surface area contributed by atoms with Gasteiger partial charge in [0.05, 0.1) is 0 Å². The Balaban J connectivity index is 2.08. The zero-order valence-electron chi connectivity index (χ0n) is 10.5. The zero-order valence-corrected chi connectivity index (χ0v) is 11.3. The molecule has 6 heteroatoms. The number of nitrogens with zero attached hydrogens (tertiary/aromatic N) is 3. The molecule has 1 aromatic heterocycles. The topological polar surface area (TPSA) is 64.3 Å². The van der Waals surface area contributed by atoms with Crippen LogP contribution in [0.15, 0.2) is 12.4 Å². The standard InChI is InChI=1S/C12H18N4OS/c1-16(8-9-2-6-17-7-3-9)12-10(11(13)18)14-4-5-15-12/h4-5,9H,2-3,6-8H2,1H3,(H2,13,18). The van der Waals surface area contributed by atoms with E-state index in [9.17, 15) is 0 Å². The van der Waals surface area contributed by atoms with Gasteiger partial charge in [-0.3, -0.25) is 0 Å². The van der Waals surface area contributed by atoms with E-state index in [0.29, 0.717) is 11.6 Å². The first kappa shape index (κ1) is 13.2. The van der Waals surface area contributed by atoms with E-state index in [0.717, 1.165) is 38.4 Å². The average Bonchev–Trinajstić information content (AvgIpc) is 2.40. The molecule has 2 heterocycles. The van der Waals surface area contributed by atoms with E-state index in [1.807, 2.05) is 7.05 Å². The summed E-state index contributed by atoms with van der Waals surface area (Å²) in [5.41, 5.74) is 6.27. The summed E-state index contributed by atoms with van der Waals surface area (Å²) in [6, 6.07) is 0. The molecule has 0 unspecified atom stereocenters. The highest BCUT2D eigenvalue weighted by Gasteiger charge is 2.19. The normalized spacial score (nSPS) is 16.5. The maximum atomic E-state index is 5.67. The lowest BCUT2D eigenvalue weighted by atomic mass is 10.00. The Morgan fingerprint density at radius 1 is 1.44 bits per heavy atom. The van der Waals surface area contributed by atoms with Crippen LogP contribution in [0.4, 0.5) is 5.82 Å². The largest absolute Gasteiger partial charge is 0.388 e. The molecule has 1 aliphatic heterocycles. The predicted molar refractivity (Wildman–Crippen MR) is 74.7 cm³/mol. The lowest BCUT2D eigenvalue weighted by molar-refractivity contribution is 0.0685. The second-order valence-electron chi connectivity index (χ2n) is 4.53. The van der Waals surface area contributed by atoms with Gasteiger partial charge in [-0.25, -0.2) is 9.97 Å². The fourth-order valence-corrected chi connectivity index (χ4v) is 2.33.